The van der Waals surface area contributed by atoms with Crippen molar-refractivity contribution < 1.29 is 4.92 Å². The van der Waals surface area contributed by atoms with Gasteiger partial charge >= 0.3 is 0 Å². The van der Waals surface area contributed by atoms with E-state index in [0.717, 1.165) is 5.82 Å². The molecular weight excluding hydrogens is 246 g/mol. The summed E-state index contributed by atoms with van der Waals surface area (Å²) in [6.45, 7) is 4.15. The molecule has 7 heteroatoms. The van der Waals surface area contributed by atoms with E-state index in [1.807, 2.05) is 4.57 Å². The van der Waals surface area contributed by atoms with E-state index in [2.05, 4.69) is 9.97 Å². The van der Waals surface area contributed by atoms with Crippen molar-refractivity contribution in [2.75, 3.05) is 0 Å². The first kappa shape index (κ1) is 13.2. The van der Waals surface area contributed by atoms with Crippen molar-refractivity contribution in [3.63, 3.8) is 0 Å². The molecule has 100 valence electrons. The van der Waals surface area contributed by atoms with Gasteiger partial charge in [0.15, 0.2) is 0 Å². The van der Waals surface area contributed by atoms with Gasteiger partial charge in [0.05, 0.1) is 29.3 Å². The van der Waals surface area contributed by atoms with Crippen molar-refractivity contribution in [1.29, 1.82) is 0 Å². The van der Waals surface area contributed by atoms with E-state index < -0.39 is 0 Å². The average Bonchev–Trinajstić information content (AvgIpc) is 2.79. The predicted molar refractivity (Wildman–Crippen MR) is 69.6 cm³/mol. The molecule has 0 atom stereocenters. The second-order valence-electron chi connectivity index (χ2n) is 4.29. The number of hydrogen-bond acceptors (Lipinski definition) is 5. The van der Waals surface area contributed by atoms with Crippen molar-refractivity contribution in [1.82, 2.24) is 14.5 Å². The van der Waals surface area contributed by atoms with Crippen LogP contribution in [0.2, 0.25) is 0 Å². The van der Waals surface area contributed by atoms with Crippen LogP contribution in [-0.4, -0.2) is 19.5 Å². The zero-order valence-corrected chi connectivity index (χ0v) is 10.8. The van der Waals surface area contributed by atoms with Crippen LogP contribution in [-0.2, 0) is 13.1 Å². The van der Waals surface area contributed by atoms with Crippen LogP contribution in [0.1, 0.15) is 22.6 Å². The van der Waals surface area contributed by atoms with E-state index in [1.54, 1.807) is 26.2 Å². The van der Waals surface area contributed by atoms with Gasteiger partial charge in [0, 0.05) is 24.2 Å². The Morgan fingerprint density at radius 1 is 1.42 bits per heavy atom. The largest absolute Gasteiger partial charge is 0.328 e. The fraction of sp³-hybridized carbons (Fsp3) is 0.333. The maximum atomic E-state index is 11.1. The Bertz CT molecular complexity index is 621. The van der Waals surface area contributed by atoms with Crippen molar-refractivity contribution in [3.05, 3.63) is 51.4 Å². The van der Waals surface area contributed by atoms with Crippen molar-refractivity contribution in [2.45, 2.75) is 26.9 Å². The summed E-state index contributed by atoms with van der Waals surface area (Å²) < 4.78 is 1.84. The molecule has 2 rings (SSSR count). The number of imidazole rings is 1. The van der Waals surface area contributed by atoms with Gasteiger partial charge in [-0.15, -0.1) is 0 Å². The number of hydrogen-bond donors (Lipinski definition) is 1. The first-order valence-corrected chi connectivity index (χ1v) is 5.84. The van der Waals surface area contributed by atoms with Gasteiger partial charge in [-0.2, -0.15) is 0 Å². The molecule has 0 aliphatic heterocycles. The van der Waals surface area contributed by atoms with Gasteiger partial charge in [0.25, 0.3) is 5.69 Å². The van der Waals surface area contributed by atoms with E-state index in [-0.39, 0.29) is 10.6 Å². The van der Waals surface area contributed by atoms with Crippen LogP contribution in [0, 0.1) is 24.0 Å². The summed E-state index contributed by atoms with van der Waals surface area (Å²) in [5, 5.41) is 11.1. The smallest absolute Gasteiger partial charge is 0.278 e. The molecule has 0 aromatic carbocycles. The summed E-state index contributed by atoms with van der Waals surface area (Å²) in [5.74, 6) is 0.726. The van der Waals surface area contributed by atoms with E-state index in [1.165, 1.54) is 6.20 Å². The third-order valence-corrected chi connectivity index (χ3v) is 3.06. The molecule has 0 spiro atoms. The molecule has 2 N–H and O–H groups in total. The minimum Gasteiger partial charge on any atom is -0.328 e. The SMILES string of the molecule is Cc1cnc(Cn2ccnc2CN)c(C)c1[N+](=O)[O-]. The summed E-state index contributed by atoms with van der Waals surface area (Å²) in [6.07, 6.45) is 4.97. The normalized spacial score (nSPS) is 10.7. The molecule has 0 saturated heterocycles. The molecule has 0 unspecified atom stereocenters. The van der Waals surface area contributed by atoms with Crippen molar-refractivity contribution in [3.8, 4) is 0 Å². The highest BCUT2D eigenvalue weighted by Crippen LogP contribution is 2.24. The maximum absolute atomic E-state index is 11.1. The number of nitrogens with zero attached hydrogens (tertiary/aromatic N) is 4. The molecule has 0 saturated carbocycles. The topological polar surface area (TPSA) is 99.9 Å². The summed E-state index contributed by atoms with van der Waals surface area (Å²) in [6, 6.07) is 0. The Labute approximate surface area is 110 Å². The van der Waals surface area contributed by atoms with Crippen LogP contribution >= 0.6 is 0 Å². The third kappa shape index (κ3) is 2.45. The van der Waals surface area contributed by atoms with Crippen molar-refractivity contribution in [2.24, 2.45) is 5.73 Å². The maximum Gasteiger partial charge on any atom is 0.278 e. The fourth-order valence-corrected chi connectivity index (χ4v) is 2.04. The zero-order valence-electron chi connectivity index (χ0n) is 10.8. The van der Waals surface area contributed by atoms with E-state index >= 15 is 0 Å². The first-order valence-electron chi connectivity index (χ1n) is 5.84. The number of nitrogens with two attached hydrogens (primary N) is 1. The molecule has 7 nitrogen and oxygen atoms in total. The number of aryl methyl sites for hydroxylation is 1. The Balaban J connectivity index is 2.42. The van der Waals surface area contributed by atoms with Crippen LogP contribution in [0.15, 0.2) is 18.6 Å². The molecule has 2 aromatic heterocycles. The van der Waals surface area contributed by atoms with Crippen LogP contribution < -0.4 is 5.73 Å². The Kier molecular flexibility index (Phi) is 3.57. The molecule has 0 fully saturated rings. The number of nitro groups is 1. The van der Waals surface area contributed by atoms with Crippen LogP contribution in [0.4, 0.5) is 5.69 Å². The van der Waals surface area contributed by atoms with Crippen LogP contribution in [0.3, 0.4) is 0 Å². The third-order valence-electron chi connectivity index (χ3n) is 3.06. The monoisotopic (exact) mass is 261 g/mol. The molecule has 0 bridgehead atoms. The van der Waals surface area contributed by atoms with Crippen molar-refractivity contribution >= 4 is 5.69 Å². The quantitative estimate of drug-likeness (QED) is 0.660. The highest BCUT2D eigenvalue weighted by molar-refractivity contribution is 5.47. The molecular formula is C12H15N5O2. The van der Waals surface area contributed by atoms with Crippen LogP contribution in [0.5, 0.6) is 0 Å². The Hall–Kier alpha value is -2.28. The van der Waals surface area contributed by atoms with E-state index in [0.29, 0.717) is 29.9 Å². The van der Waals surface area contributed by atoms with Gasteiger partial charge in [-0.25, -0.2) is 4.98 Å². The second-order valence-corrected chi connectivity index (χ2v) is 4.29. The lowest BCUT2D eigenvalue weighted by Gasteiger charge is -2.10. The van der Waals surface area contributed by atoms with Crippen LogP contribution in [0.25, 0.3) is 0 Å². The highest BCUT2D eigenvalue weighted by Gasteiger charge is 2.19. The molecule has 2 heterocycles. The van der Waals surface area contributed by atoms with E-state index in [9.17, 15) is 10.1 Å². The van der Waals surface area contributed by atoms with E-state index in [4.69, 9.17) is 5.73 Å². The second kappa shape index (κ2) is 5.15. The minimum atomic E-state index is -0.367. The van der Waals surface area contributed by atoms with Gasteiger partial charge in [-0.05, 0) is 13.8 Å². The minimum absolute atomic E-state index is 0.124. The van der Waals surface area contributed by atoms with Gasteiger partial charge in [-0.3, -0.25) is 15.1 Å². The summed E-state index contributed by atoms with van der Waals surface area (Å²) >= 11 is 0. The lowest BCUT2D eigenvalue weighted by atomic mass is 10.1. The Morgan fingerprint density at radius 3 is 2.79 bits per heavy atom. The highest BCUT2D eigenvalue weighted by atomic mass is 16.6. The average molecular weight is 261 g/mol. The van der Waals surface area contributed by atoms with Gasteiger partial charge < -0.3 is 10.3 Å². The Morgan fingerprint density at radius 2 is 2.16 bits per heavy atom. The number of pyridine rings is 1. The summed E-state index contributed by atoms with van der Waals surface area (Å²) in [7, 11) is 0. The summed E-state index contributed by atoms with van der Waals surface area (Å²) in [4.78, 5) is 19.1. The fourth-order valence-electron chi connectivity index (χ4n) is 2.04. The molecule has 0 aliphatic carbocycles. The summed E-state index contributed by atoms with van der Waals surface area (Å²) in [5.41, 5.74) is 7.51. The standard InChI is InChI=1S/C12H15N5O2/c1-8-6-15-10(9(2)12(8)17(18)19)7-16-4-3-14-11(16)5-13/h3-4,6H,5,7,13H2,1-2H3. The lowest BCUT2D eigenvalue weighted by molar-refractivity contribution is -0.386. The predicted octanol–water partition coefficient (Wildman–Crippen LogP) is 1.31. The van der Waals surface area contributed by atoms with Gasteiger partial charge in [0.2, 0.25) is 0 Å². The van der Waals surface area contributed by atoms with Gasteiger partial charge in [-0.1, -0.05) is 0 Å². The lowest BCUT2D eigenvalue weighted by Crippen LogP contribution is -2.11. The first-order chi connectivity index (χ1) is 9.04. The molecule has 0 radical (unpaired) electrons. The molecule has 19 heavy (non-hydrogen) atoms. The molecule has 0 aliphatic rings. The zero-order chi connectivity index (χ0) is 14.0. The molecule has 2 aromatic rings. The number of aromatic nitrogens is 3. The molecule has 0 amide bonds. The number of rotatable bonds is 4. The van der Waals surface area contributed by atoms with Gasteiger partial charge in [0.1, 0.15) is 5.82 Å².